The third-order valence-electron chi connectivity index (χ3n) is 4.17. The number of ether oxygens (including phenoxy) is 1. The number of hydrogen-bond acceptors (Lipinski definition) is 4. The Morgan fingerprint density at radius 2 is 1.77 bits per heavy atom. The van der Waals surface area contributed by atoms with Crippen LogP contribution in [0.1, 0.15) is 51.3 Å². The van der Waals surface area contributed by atoms with Crippen LogP contribution in [0.15, 0.2) is 36.4 Å². The summed E-state index contributed by atoms with van der Waals surface area (Å²) in [7, 11) is 0. The van der Waals surface area contributed by atoms with Gasteiger partial charge >= 0.3 is 5.97 Å². The Bertz CT molecular complexity index is 893. The molecule has 0 spiro atoms. The predicted octanol–water partition coefficient (Wildman–Crippen LogP) is 4.24. The molecule has 7 heteroatoms. The zero-order valence-electron chi connectivity index (χ0n) is 14.1. The summed E-state index contributed by atoms with van der Waals surface area (Å²) < 4.78 is 19.7. The molecule has 0 saturated heterocycles. The van der Waals surface area contributed by atoms with Crippen molar-refractivity contribution in [3.05, 3.63) is 63.9 Å². The number of fused-ring (bicyclic) bond motifs is 1. The van der Waals surface area contributed by atoms with Gasteiger partial charge in [-0.1, -0.05) is 30.7 Å². The van der Waals surface area contributed by atoms with Crippen molar-refractivity contribution in [3.63, 3.8) is 0 Å². The van der Waals surface area contributed by atoms with E-state index in [0.717, 1.165) is 12.1 Å². The maximum absolute atomic E-state index is 14.5. The Labute approximate surface area is 154 Å². The number of amides is 2. The van der Waals surface area contributed by atoms with Gasteiger partial charge in [-0.05, 0) is 37.6 Å². The molecule has 3 rings (SSSR count). The summed E-state index contributed by atoms with van der Waals surface area (Å²) in [6, 6.07) is 8.17. The van der Waals surface area contributed by atoms with Crippen LogP contribution < -0.4 is 4.90 Å². The fourth-order valence-electron chi connectivity index (χ4n) is 2.60. The van der Waals surface area contributed by atoms with E-state index < -0.39 is 23.6 Å². The molecule has 2 amide bonds. The average molecular weight is 376 g/mol. The van der Waals surface area contributed by atoms with Crippen LogP contribution in [0.3, 0.4) is 0 Å². The second kappa shape index (κ2) is 6.88. The van der Waals surface area contributed by atoms with Crippen LogP contribution in [0.5, 0.6) is 0 Å². The topological polar surface area (TPSA) is 63.7 Å². The van der Waals surface area contributed by atoms with E-state index in [2.05, 4.69) is 0 Å². The highest BCUT2D eigenvalue weighted by molar-refractivity contribution is 6.36. The molecule has 0 fully saturated rings. The smallest absolute Gasteiger partial charge is 0.339 e. The van der Waals surface area contributed by atoms with Crippen molar-refractivity contribution >= 4 is 35.1 Å². The van der Waals surface area contributed by atoms with Crippen molar-refractivity contribution in [3.8, 4) is 0 Å². The minimum atomic E-state index is -0.885. The maximum atomic E-state index is 14.5. The zero-order valence-corrected chi connectivity index (χ0v) is 14.8. The fraction of sp³-hybridized carbons (Fsp3) is 0.211. The van der Waals surface area contributed by atoms with Crippen LogP contribution >= 0.6 is 11.6 Å². The number of esters is 1. The van der Waals surface area contributed by atoms with E-state index in [-0.39, 0.29) is 33.5 Å². The lowest BCUT2D eigenvalue weighted by Gasteiger charge is -2.17. The van der Waals surface area contributed by atoms with Gasteiger partial charge in [-0.15, -0.1) is 0 Å². The van der Waals surface area contributed by atoms with Gasteiger partial charge in [0.2, 0.25) is 0 Å². The minimum absolute atomic E-state index is 0.111. The van der Waals surface area contributed by atoms with E-state index in [0.29, 0.717) is 11.3 Å². The normalized spacial score (nSPS) is 14.4. The van der Waals surface area contributed by atoms with Crippen LogP contribution in [0.2, 0.25) is 5.02 Å². The van der Waals surface area contributed by atoms with Crippen molar-refractivity contribution in [1.82, 2.24) is 0 Å². The van der Waals surface area contributed by atoms with E-state index in [1.807, 2.05) is 6.92 Å². The predicted molar refractivity (Wildman–Crippen MR) is 94.2 cm³/mol. The average Bonchev–Trinajstić information content (AvgIpc) is 2.86. The number of carbonyl (C=O) groups is 3. The lowest BCUT2D eigenvalue weighted by atomic mass is 10.1. The number of benzene rings is 2. The summed E-state index contributed by atoms with van der Waals surface area (Å²) in [5, 5.41) is -0.156. The highest BCUT2D eigenvalue weighted by Gasteiger charge is 2.38. The van der Waals surface area contributed by atoms with Crippen LogP contribution in [-0.2, 0) is 4.74 Å². The van der Waals surface area contributed by atoms with E-state index in [9.17, 15) is 18.8 Å². The first-order valence-electron chi connectivity index (χ1n) is 8.03. The highest BCUT2D eigenvalue weighted by atomic mass is 35.5. The molecule has 5 nitrogen and oxygen atoms in total. The molecule has 1 atom stereocenters. The molecule has 1 aliphatic heterocycles. The Kier molecular flexibility index (Phi) is 4.78. The van der Waals surface area contributed by atoms with Crippen LogP contribution in [0.4, 0.5) is 10.1 Å². The molecule has 0 aromatic heterocycles. The van der Waals surface area contributed by atoms with Crippen molar-refractivity contribution in [1.29, 1.82) is 0 Å². The molecule has 134 valence electrons. The Morgan fingerprint density at radius 1 is 1.19 bits per heavy atom. The Morgan fingerprint density at radius 3 is 2.31 bits per heavy atom. The minimum Gasteiger partial charge on any atom is -0.459 e. The molecule has 0 saturated carbocycles. The molecule has 2 aromatic carbocycles. The lowest BCUT2D eigenvalue weighted by molar-refractivity contribution is 0.0334. The van der Waals surface area contributed by atoms with Gasteiger partial charge in [0, 0.05) is 0 Å². The molecule has 1 unspecified atom stereocenters. The van der Waals surface area contributed by atoms with Gasteiger partial charge in [-0.25, -0.2) is 14.1 Å². The van der Waals surface area contributed by atoms with Gasteiger partial charge in [0.1, 0.15) is 5.82 Å². The molecular formula is C19H15ClFNO4. The number of nitrogens with zero attached hydrogens (tertiary/aromatic N) is 1. The monoisotopic (exact) mass is 375 g/mol. The molecule has 0 radical (unpaired) electrons. The van der Waals surface area contributed by atoms with Crippen LogP contribution in [-0.4, -0.2) is 23.9 Å². The van der Waals surface area contributed by atoms with Gasteiger partial charge in [0.25, 0.3) is 11.8 Å². The van der Waals surface area contributed by atoms with Crippen LogP contribution in [0, 0.1) is 5.82 Å². The van der Waals surface area contributed by atoms with Crippen LogP contribution in [0.25, 0.3) is 0 Å². The van der Waals surface area contributed by atoms with Gasteiger partial charge in [0.05, 0.1) is 33.5 Å². The molecule has 2 aromatic rings. The molecule has 0 bridgehead atoms. The fourth-order valence-corrected chi connectivity index (χ4v) is 2.83. The standard InChI is InChI=1S/C19H15ClFNO4/c1-3-10(2)26-19(25)13-8-16(15(21)9-14(13)20)22-17(23)11-6-4-5-7-12(11)18(22)24/h4-10H,3H2,1-2H3. The molecular weight excluding hydrogens is 361 g/mol. The number of anilines is 1. The van der Waals surface area contributed by atoms with E-state index in [4.69, 9.17) is 16.3 Å². The summed E-state index contributed by atoms with van der Waals surface area (Å²) in [6.07, 6.45) is 0.238. The third kappa shape index (κ3) is 2.97. The van der Waals surface area contributed by atoms with Crippen molar-refractivity contribution in [2.75, 3.05) is 4.90 Å². The number of carbonyl (C=O) groups excluding carboxylic acids is 3. The SMILES string of the molecule is CCC(C)OC(=O)c1cc(N2C(=O)c3ccccc3C2=O)c(F)cc1Cl. The van der Waals surface area contributed by atoms with Crippen molar-refractivity contribution in [2.45, 2.75) is 26.4 Å². The lowest BCUT2D eigenvalue weighted by Crippen LogP contribution is -2.30. The summed E-state index contributed by atoms with van der Waals surface area (Å²) in [5.41, 5.74) is -0.0946. The van der Waals surface area contributed by atoms with E-state index in [1.54, 1.807) is 19.1 Å². The third-order valence-corrected chi connectivity index (χ3v) is 4.49. The number of halogens is 2. The highest BCUT2D eigenvalue weighted by Crippen LogP contribution is 2.33. The summed E-state index contributed by atoms with van der Waals surface area (Å²) >= 11 is 5.96. The molecule has 0 N–H and O–H groups in total. The zero-order chi connectivity index (χ0) is 19.0. The van der Waals surface area contributed by atoms with Gasteiger partial charge < -0.3 is 4.74 Å². The summed E-state index contributed by atoms with van der Waals surface area (Å²) in [4.78, 5) is 38.1. The summed E-state index contributed by atoms with van der Waals surface area (Å²) in [6.45, 7) is 3.55. The summed E-state index contributed by atoms with van der Waals surface area (Å²) in [5.74, 6) is -2.95. The molecule has 0 aliphatic carbocycles. The number of rotatable bonds is 4. The van der Waals surface area contributed by atoms with Gasteiger partial charge in [0.15, 0.2) is 0 Å². The number of imide groups is 1. The second-order valence-electron chi connectivity index (χ2n) is 5.90. The van der Waals surface area contributed by atoms with E-state index >= 15 is 0 Å². The van der Waals surface area contributed by atoms with Crippen molar-refractivity contribution < 1.29 is 23.5 Å². The molecule has 26 heavy (non-hydrogen) atoms. The second-order valence-corrected chi connectivity index (χ2v) is 6.31. The quantitative estimate of drug-likeness (QED) is 0.592. The van der Waals surface area contributed by atoms with Gasteiger partial charge in [-0.3, -0.25) is 9.59 Å². The molecule has 1 heterocycles. The van der Waals surface area contributed by atoms with E-state index in [1.165, 1.54) is 12.1 Å². The largest absolute Gasteiger partial charge is 0.459 e. The van der Waals surface area contributed by atoms with Gasteiger partial charge in [-0.2, -0.15) is 0 Å². The van der Waals surface area contributed by atoms with Crippen molar-refractivity contribution in [2.24, 2.45) is 0 Å². The number of hydrogen-bond donors (Lipinski definition) is 0. The first kappa shape index (κ1) is 18.1. The first-order valence-corrected chi connectivity index (χ1v) is 8.40. The Balaban J connectivity index is 2.04. The Hall–Kier alpha value is -2.73. The molecule has 1 aliphatic rings. The first-order chi connectivity index (χ1) is 12.3. The maximum Gasteiger partial charge on any atom is 0.339 e.